The second-order valence-electron chi connectivity index (χ2n) is 11.0. The van der Waals surface area contributed by atoms with Crippen molar-refractivity contribution in [3.8, 4) is 0 Å². The highest BCUT2D eigenvalue weighted by Crippen LogP contribution is 2.66. The van der Waals surface area contributed by atoms with E-state index in [4.69, 9.17) is 4.18 Å². The molecule has 1 aromatic rings. The summed E-state index contributed by atoms with van der Waals surface area (Å²) < 4.78 is 31.2. The lowest BCUT2D eigenvalue weighted by Gasteiger charge is -2.60. The van der Waals surface area contributed by atoms with Crippen LogP contribution in [0.5, 0.6) is 0 Å². The molecule has 0 radical (unpaired) electrons. The summed E-state index contributed by atoms with van der Waals surface area (Å²) in [6, 6.07) is 8.62. The summed E-state index contributed by atoms with van der Waals surface area (Å²) >= 11 is 0. The SMILES string of the molecule is CC12CCCC1C1CCC3CC(OS(=O)(=O)c4ccccc4)CCC3(C)C1CC2. The van der Waals surface area contributed by atoms with Gasteiger partial charge in [-0.15, -0.1) is 0 Å². The molecule has 0 spiro atoms. The lowest BCUT2D eigenvalue weighted by atomic mass is 9.45. The molecule has 4 saturated carbocycles. The Balaban J connectivity index is 1.31. The fourth-order valence-corrected chi connectivity index (χ4v) is 9.26. The van der Waals surface area contributed by atoms with Crippen LogP contribution in [0.3, 0.4) is 0 Å². The summed E-state index contributed by atoms with van der Waals surface area (Å²) in [5.41, 5.74) is 0.984. The summed E-state index contributed by atoms with van der Waals surface area (Å²) in [5.74, 6) is 3.29. The number of fused-ring (bicyclic) bond motifs is 5. The van der Waals surface area contributed by atoms with Gasteiger partial charge in [-0.2, -0.15) is 8.42 Å². The van der Waals surface area contributed by atoms with Gasteiger partial charge in [0.25, 0.3) is 10.1 Å². The van der Waals surface area contributed by atoms with Gasteiger partial charge in [-0.1, -0.05) is 38.5 Å². The average molecular weight is 417 g/mol. The highest BCUT2D eigenvalue weighted by molar-refractivity contribution is 7.86. The molecule has 5 rings (SSSR count). The van der Waals surface area contributed by atoms with Crippen LogP contribution in [0.1, 0.15) is 78.1 Å². The average Bonchev–Trinajstić information content (AvgIpc) is 3.10. The van der Waals surface area contributed by atoms with Crippen molar-refractivity contribution in [2.45, 2.75) is 89.1 Å². The van der Waals surface area contributed by atoms with Gasteiger partial charge in [0.2, 0.25) is 0 Å². The Morgan fingerprint density at radius 1 is 0.897 bits per heavy atom. The van der Waals surface area contributed by atoms with Crippen molar-refractivity contribution in [2.75, 3.05) is 0 Å². The van der Waals surface area contributed by atoms with Crippen LogP contribution in [0.25, 0.3) is 0 Å². The molecule has 29 heavy (non-hydrogen) atoms. The van der Waals surface area contributed by atoms with Crippen LogP contribution < -0.4 is 0 Å². The van der Waals surface area contributed by atoms with Crippen LogP contribution in [0.15, 0.2) is 35.2 Å². The zero-order chi connectivity index (χ0) is 20.3. The molecule has 1 aromatic carbocycles. The van der Waals surface area contributed by atoms with E-state index in [1.54, 1.807) is 24.3 Å². The van der Waals surface area contributed by atoms with Crippen molar-refractivity contribution >= 4 is 10.1 Å². The summed E-state index contributed by atoms with van der Waals surface area (Å²) in [6.07, 6.45) is 12.5. The molecule has 0 N–H and O–H groups in total. The fraction of sp³-hybridized carbons (Fsp3) is 0.760. The van der Waals surface area contributed by atoms with Crippen LogP contribution in [0.4, 0.5) is 0 Å². The minimum Gasteiger partial charge on any atom is -0.263 e. The summed E-state index contributed by atoms with van der Waals surface area (Å²) in [6.45, 7) is 5.10. The zero-order valence-corrected chi connectivity index (χ0v) is 18.8. The Bertz CT molecular complexity index is 850. The van der Waals surface area contributed by atoms with E-state index >= 15 is 0 Å². The maximum absolute atomic E-state index is 12.7. The number of hydrogen-bond acceptors (Lipinski definition) is 3. The van der Waals surface area contributed by atoms with Crippen molar-refractivity contribution in [1.29, 1.82) is 0 Å². The minimum absolute atomic E-state index is 0.157. The molecule has 0 bridgehead atoms. The second kappa shape index (κ2) is 7.09. The molecule has 0 heterocycles. The van der Waals surface area contributed by atoms with Gasteiger partial charge in [0.05, 0.1) is 11.0 Å². The van der Waals surface area contributed by atoms with Crippen molar-refractivity contribution in [3.05, 3.63) is 30.3 Å². The van der Waals surface area contributed by atoms with Crippen molar-refractivity contribution in [2.24, 2.45) is 34.5 Å². The number of rotatable bonds is 3. The van der Waals surface area contributed by atoms with E-state index in [1.165, 1.54) is 44.9 Å². The molecule has 0 aliphatic heterocycles. The van der Waals surface area contributed by atoms with Gasteiger partial charge in [0, 0.05) is 0 Å². The first-order valence-electron chi connectivity index (χ1n) is 11.8. The van der Waals surface area contributed by atoms with Gasteiger partial charge < -0.3 is 0 Å². The second-order valence-corrected chi connectivity index (χ2v) is 12.6. The number of benzene rings is 1. The van der Waals surface area contributed by atoms with E-state index < -0.39 is 10.1 Å². The molecule has 160 valence electrons. The Labute approximate surface area is 176 Å². The Morgan fingerprint density at radius 2 is 1.69 bits per heavy atom. The molecule has 7 atom stereocenters. The van der Waals surface area contributed by atoms with Crippen LogP contribution in [-0.2, 0) is 14.3 Å². The molecule has 4 aliphatic rings. The molecular weight excluding hydrogens is 380 g/mol. The van der Waals surface area contributed by atoms with Gasteiger partial charge in [0.1, 0.15) is 0 Å². The maximum atomic E-state index is 12.7. The van der Waals surface area contributed by atoms with Gasteiger partial charge in [-0.05, 0) is 104 Å². The predicted molar refractivity (Wildman–Crippen MR) is 115 cm³/mol. The summed E-state index contributed by atoms with van der Waals surface area (Å²) in [5, 5.41) is 0. The van der Waals surface area contributed by atoms with Crippen molar-refractivity contribution in [3.63, 3.8) is 0 Å². The monoisotopic (exact) mass is 416 g/mol. The van der Waals surface area contributed by atoms with Gasteiger partial charge in [0.15, 0.2) is 0 Å². The normalized spacial score (nSPS) is 44.6. The Morgan fingerprint density at radius 3 is 2.48 bits per heavy atom. The van der Waals surface area contributed by atoms with Gasteiger partial charge in [-0.3, -0.25) is 4.18 Å². The number of hydrogen-bond donors (Lipinski definition) is 0. The Hall–Kier alpha value is -0.870. The van der Waals surface area contributed by atoms with Crippen LogP contribution in [0.2, 0.25) is 0 Å². The third kappa shape index (κ3) is 3.29. The molecule has 4 aliphatic carbocycles. The molecule has 0 saturated heterocycles. The van der Waals surface area contributed by atoms with Crippen LogP contribution in [0, 0.1) is 34.5 Å². The topological polar surface area (TPSA) is 43.4 Å². The third-order valence-corrected chi connectivity index (χ3v) is 11.1. The standard InChI is InChI=1S/C25H36O3S/c1-24-14-6-9-22(24)21-11-10-18-17-19(12-16-25(18,2)23(21)13-15-24)28-29(26,27)20-7-4-3-5-8-20/h3-5,7-8,18-19,21-23H,6,9-17H2,1-2H3. The van der Waals surface area contributed by atoms with E-state index in [2.05, 4.69) is 13.8 Å². The first-order chi connectivity index (χ1) is 13.8. The zero-order valence-electron chi connectivity index (χ0n) is 18.0. The molecule has 0 aromatic heterocycles. The third-order valence-electron chi connectivity index (χ3n) is 9.69. The van der Waals surface area contributed by atoms with E-state index in [9.17, 15) is 8.42 Å². The maximum Gasteiger partial charge on any atom is 0.297 e. The van der Waals surface area contributed by atoms with Crippen molar-refractivity contribution in [1.82, 2.24) is 0 Å². The lowest BCUT2D eigenvalue weighted by Crippen LogP contribution is -2.53. The van der Waals surface area contributed by atoms with E-state index in [0.29, 0.717) is 16.7 Å². The fourth-order valence-electron chi connectivity index (χ4n) is 8.12. The molecule has 3 nitrogen and oxygen atoms in total. The smallest absolute Gasteiger partial charge is 0.263 e. The van der Waals surface area contributed by atoms with Crippen LogP contribution >= 0.6 is 0 Å². The first-order valence-corrected chi connectivity index (χ1v) is 13.2. The molecule has 4 fully saturated rings. The summed E-state index contributed by atoms with van der Waals surface area (Å²) in [4.78, 5) is 0.282. The highest BCUT2D eigenvalue weighted by atomic mass is 32.2. The molecule has 4 heteroatoms. The Kier molecular flexibility index (Phi) is 4.90. The predicted octanol–water partition coefficient (Wildman–Crippen LogP) is 6.19. The van der Waals surface area contributed by atoms with Gasteiger partial charge >= 0.3 is 0 Å². The van der Waals surface area contributed by atoms with Crippen LogP contribution in [-0.4, -0.2) is 14.5 Å². The van der Waals surface area contributed by atoms with E-state index in [0.717, 1.165) is 37.0 Å². The lowest BCUT2D eigenvalue weighted by molar-refractivity contribution is -0.117. The van der Waals surface area contributed by atoms with Crippen molar-refractivity contribution < 1.29 is 12.6 Å². The minimum atomic E-state index is -3.66. The quantitative estimate of drug-likeness (QED) is 0.552. The van der Waals surface area contributed by atoms with E-state index in [-0.39, 0.29) is 11.0 Å². The molecular formula is C25H36O3S. The summed E-state index contributed by atoms with van der Waals surface area (Å²) in [7, 11) is -3.66. The van der Waals surface area contributed by atoms with Gasteiger partial charge in [-0.25, -0.2) is 0 Å². The first kappa shape index (κ1) is 20.1. The highest BCUT2D eigenvalue weighted by Gasteiger charge is 2.58. The van der Waals surface area contributed by atoms with E-state index in [1.807, 2.05) is 6.07 Å². The largest absolute Gasteiger partial charge is 0.297 e. The molecule has 7 unspecified atom stereocenters. The molecule has 0 amide bonds.